The Kier molecular flexibility index (Phi) is 5.01. The number of ether oxygens (including phenoxy) is 1. The van der Waals surface area contributed by atoms with E-state index in [1.54, 1.807) is 0 Å². The minimum atomic E-state index is -4.48. The highest BCUT2D eigenvalue weighted by molar-refractivity contribution is 7.18. The second-order valence-electron chi connectivity index (χ2n) is 5.43. The molecule has 1 aromatic heterocycles. The van der Waals surface area contributed by atoms with E-state index in [1.807, 2.05) is 0 Å². The number of hydrogen-bond acceptors (Lipinski definition) is 4. The predicted molar refractivity (Wildman–Crippen MR) is 87.3 cm³/mol. The molecule has 1 N–H and O–H groups in total. The lowest BCUT2D eigenvalue weighted by molar-refractivity contribution is -0.137. The van der Waals surface area contributed by atoms with Gasteiger partial charge in [0.25, 0.3) is 6.43 Å². The summed E-state index contributed by atoms with van der Waals surface area (Å²) in [5.74, 6) is -1.55. The molecule has 3 rings (SSSR count). The molecule has 10 heteroatoms. The molecular weight excluding hydrogens is 393 g/mol. The van der Waals surface area contributed by atoms with Gasteiger partial charge < -0.3 is 9.84 Å². The van der Waals surface area contributed by atoms with Crippen LogP contribution in [0.1, 0.15) is 32.9 Å². The van der Waals surface area contributed by atoms with Crippen molar-refractivity contribution in [2.75, 3.05) is 0 Å². The zero-order valence-corrected chi connectivity index (χ0v) is 14.1. The number of benzene rings is 2. The van der Waals surface area contributed by atoms with Gasteiger partial charge in [0.2, 0.25) is 0 Å². The highest BCUT2D eigenvalue weighted by atomic mass is 32.1. The van der Waals surface area contributed by atoms with Gasteiger partial charge in [0, 0.05) is 0 Å². The van der Waals surface area contributed by atoms with E-state index in [1.165, 1.54) is 24.3 Å². The number of rotatable bonds is 5. The molecule has 0 fully saturated rings. The van der Waals surface area contributed by atoms with Crippen LogP contribution in [0.25, 0.3) is 10.2 Å². The van der Waals surface area contributed by atoms with Crippen molar-refractivity contribution in [3.63, 3.8) is 0 Å². The SMILES string of the molecule is O=C(O)c1ccc2sc(C(F)F)nc2c1OCc1ccc(C(F)(F)F)cc1. The van der Waals surface area contributed by atoms with Crippen molar-refractivity contribution in [2.45, 2.75) is 19.2 Å². The van der Waals surface area contributed by atoms with E-state index >= 15 is 0 Å². The number of carboxylic acids is 1. The van der Waals surface area contributed by atoms with E-state index in [2.05, 4.69) is 4.98 Å². The third-order valence-corrected chi connectivity index (χ3v) is 4.64. The van der Waals surface area contributed by atoms with Gasteiger partial charge in [-0.2, -0.15) is 13.2 Å². The molecule has 0 spiro atoms. The average molecular weight is 403 g/mol. The van der Waals surface area contributed by atoms with Crippen LogP contribution in [0.3, 0.4) is 0 Å². The Morgan fingerprint density at radius 3 is 2.37 bits per heavy atom. The zero-order valence-electron chi connectivity index (χ0n) is 13.3. The van der Waals surface area contributed by atoms with Crippen LogP contribution in [0.5, 0.6) is 5.75 Å². The van der Waals surface area contributed by atoms with Crippen LogP contribution in [0.15, 0.2) is 36.4 Å². The number of alkyl halides is 5. The van der Waals surface area contributed by atoms with E-state index in [0.29, 0.717) is 21.6 Å². The van der Waals surface area contributed by atoms with Gasteiger partial charge in [0.05, 0.1) is 10.3 Å². The Balaban J connectivity index is 1.93. The Morgan fingerprint density at radius 1 is 1.15 bits per heavy atom. The molecule has 1 heterocycles. The highest BCUT2D eigenvalue weighted by Gasteiger charge is 2.30. The van der Waals surface area contributed by atoms with Crippen molar-refractivity contribution in [2.24, 2.45) is 0 Å². The fourth-order valence-electron chi connectivity index (χ4n) is 2.34. The Labute approximate surface area is 152 Å². The van der Waals surface area contributed by atoms with Crippen LogP contribution in [-0.2, 0) is 12.8 Å². The van der Waals surface area contributed by atoms with E-state index < -0.39 is 29.1 Å². The fraction of sp³-hybridized carbons (Fsp3) is 0.176. The molecule has 0 atom stereocenters. The number of thiazole rings is 1. The Morgan fingerprint density at radius 2 is 1.81 bits per heavy atom. The lowest BCUT2D eigenvalue weighted by Gasteiger charge is -2.11. The average Bonchev–Trinajstić information content (AvgIpc) is 3.03. The summed E-state index contributed by atoms with van der Waals surface area (Å²) < 4.78 is 69.3. The quantitative estimate of drug-likeness (QED) is 0.569. The number of hydrogen-bond donors (Lipinski definition) is 1. The van der Waals surface area contributed by atoms with Crippen molar-refractivity contribution in [1.29, 1.82) is 0 Å². The number of aromatic carboxylic acids is 1. The van der Waals surface area contributed by atoms with Crippen LogP contribution in [0.4, 0.5) is 22.0 Å². The van der Waals surface area contributed by atoms with Crippen molar-refractivity contribution in [1.82, 2.24) is 4.98 Å². The molecule has 0 aliphatic carbocycles. The van der Waals surface area contributed by atoms with Crippen LogP contribution in [0.2, 0.25) is 0 Å². The van der Waals surface area contributed by atoms with Crippen LogP contribution >= 0.6 is 11.3 Å². The second kappa shape index (κ2) is 7.10. The molecule has 0 radical (unpaired) electrons. The van der Waals surface area contributed by atoms with Gasteiger partial charge in [-0.25, -0.2) is 18.6 Å². The molecule has 0 aliphatic rings. The molecule has 3 aromatic rings. The highest BCUT2D eigenvalue weighted by Crippen LogP contribution is 2.37. The molecule has 0 unspecified atom stereocenters. The maximum atomic E-state index is 12.9. The van der Waals surface area contributed by atoms with Gasteiger partial charge in [0.15, 0.2) is 10.8 Å². The fourth-order valence-corrected chi connectivity index (χ4v) is 3.16. The molecule has 0 bridgehead atoms. The summed E-state index contributed by atoms with van der Waals surface area (Å²) in [6.45, 7) is -0.251. The third-order valence-electron chi connectivity index (χ3n) is 3.61. The maximum Gasteiger partial charge on any atom is 0.416 e. The molecule has 142 valence electrons. The summed E-state index contributed by atoms with van der Waals surface area (Å²) in [7, 11) is 0. The minimum absolute atomic E-state index is 0.0258. The second-order valence-corrected chi connectivity index (χ2v) is 6.49. The monoisotopic (exact) mass is 403 g/mol. The smallest absolute Gasteiger partial charge is 0.416 e. The summed E-state index contributed by atoms with van der Waals surface area (Å²) in [4.78, 5) is 15.1. The first-order valence-corrected chi connectivity index (χ1v) is 8.22. The molecular formula is C17H10F5NO3S. The molecule has 4 nitrogen and oxygen atoms in total. The van der Waals surface area contributed by atoms with Gasteiger partial charge in [-0.15, -0.1) is 11.3 Å². The standard InChI is InChI=1S/C17H10F5NO3S/c18-14(19)15-23-12-11(27-15)6-5-10(16(24)25)13(12)26-7-8-1-3-9(4-2-8)17(20,21)22/h1-6,14H,7H2,(H,24,25). The number of nitrogens with zero attached hydrogens (tertiary/aromatic N) is 1. The Hall–Kier alpha value is -2.75. The first kappa shape index (κ1) is 19.0. The topological polar surface area (TPSA) is 59.4 Å². The maximum absolute atomic E-state index is 12.9. The molecule has 27 heavy (non-hydrogen) atoms. The summed E-state index contributed by atoms with van der Waals surface area (Å²) in [6.07, 6.45) is -7.30. The van der Waals surface area contributed by atoms with E-state index in [-0.39, 0.29) is 23.4 Å². The summed E-state index contributed by atoms with van der Waals surface area (Å²) in [6, 6.07) is 6.68. The predicted octanol–water partition coefficient (Wildman–Crippen LogP) is 5.53. The summed E-state index contributed by atoms with van der Waals surface area (Å²) in [5, 5.41) is 8.81. The van der Waals surface area contributed by atoms with E-state index in [0.717, 1.165) is 12.1 Å². The van der Waals surface area contributed by atoms with Gasteiger partial charge in [-0.05, 0) is 29.8 Å². The summed E-state index contributed by atoms with van der Waals surface area (Å²) in [5.41, 5.74) is -0.788. The van der Waals surface area contributed by atoms with Crippen molar-refractivity contribution < 1.29 is 36.6 Å². The van der Waals surface area contributed by atoms with Crippen LogP contribution in [0, 0.1) is 0 Å². The van der Waals surface area contributed by atoms with Gasteiger partial charge >= 0.3 is 12.1 Å². The minimum Gasteiger partial charge on any atom is -0.486 e. The first-order chi connectivity index (χ1) is 12.7. The van der Waals surface area contributed by atoms with Gasteiger partial charge in [-0.1, -0.05) is 12.1 Å². The van der Waals surface area contributed by atoms with Gasteiger partial charge in [-0.3, -0.25) is 0 Å². The van der Waals surface area contributed by atoms with Crippen LogP contribution < -0.4 is 4.74 Å². The molecule has 0 amide bonds. The molecule has 0 saturated carbocycles. The Bertz CT molecular complexity index is 983. The van der Waals surface area contributed by atoms with Crippen molar-refractivity contribution >= 4 is 27.5 Å². The number of aromatic nitrogens is 1. The van der Waals surface area contributed by atoms with Crippen molar-refractivity contribution in [3.8, 4) is 5.75 Å². The lowest BCUT2D eigenvalue weighted by Crippen LogP contribution is -2.06. The molecule has 2 aromatic carbocycles. The lowest BCUT2D eigenvalue weighted by atomic mass is 10.1. The van der Waals surface area contributed by atoms with E-state index in [9.17, 15) is 31.9 Å². The van der Waals surface area contributed by atoms with E-state index in [4.69, 9.17) is 4.74 Å². The van der Waals surface area contributed by atoms with Crippen LogP contribution in [-0.4, -0.2) is 16.1 Å². The number of halogens is 5. The number of carbonyl (C=O) groups is 1. The molecule has 0 saturated heterocycles. The third kappa shape index (κ3) is 4.00. The normalized spacial score (nSPS) is 11.9. The number of carboxylic acid groups (broad SMARTS) is 1. The van der Waals surface area contributed by atoms with Crippen molar-refractivity contribution in [3.05, 3.63) is 58.1 Å². The summed E-state index contributed by atoms with van der Waals surface area (Å²) >= 11 is 0.707. The first-order valence-electron chi connectivity index (χ1n) is 7.40. The molecule has 0 aliphatic heterocycles. The largest absolute Gasteiger partial charge is 0.486 e. The zero-order chi connectivity index (χ0) is 19.8. The number of fused-ring (bicyclic) bond motifs is 1. The van der Waals surface area contributed by atoms with Gasteiger partial charge in [0.1, 0.15) is 17.7 Å².